The van der Waals surface area contributed by atoms with E-state index in [1.165, 1.54) is 12.0 Å². The molecule has 0 fully saturated rings. The van der Waals surface area contributed by atoms with Gasteiger partial charge in [0.25, 0.3) is 0 Å². The van der Waals surface area contributed by atoms with Crippen LogP contribution in [0.25, 0.3) is 0 Å². The number of ether oxygens (including phenoxy) is 1. The Morgan fingerprint density at radius 2 is 2.00 bits per heavy atom. The minimum Gasteiger partial charge on any atom is -0.352 e. The van der Waals surface area contributed by atoms with Crippen molar-refractivity contribution in [2.75, 3.05) is 19.1 Å². The van der Waals surface area contributed by atoms with Crippen LogP contribution in [0, 0.1) is 0 Å². The maximum atomic E-state index is 11.6. The van der Waals surface area contributed by atoms with E-state index in [0.717, 1.165) is 5.69 Å². The molecule has 1 atom stereocenters. The first kappa shape index (κ1) is 13.5. The summed E-state index contributed by atoms with van der Waals surface area (Å²) >= 11 is 0. The summed E-state index contributed by atoms with van der Waals surface area (Å²) in [5.74, 6) is 0. The number of hydrogen-bond acceptors (Lipinski definition) is 4. The van der Waals surface area contributed by atoms with Crippen LogP contribution in [0.5, 0.6) is 0 Å². The Morgan fingerprint density at radius 1 is 1.35 bits per heavy atom. The Labute approximate surface area is 101 Å². The van der Waals surface area contributed by atoms with Crippen molar-refractivity contribution in [2.24, 2.45) is 0 Å². The molecule has 0 radical (unpaired) electrons. The molecule has 0 saturated carbocycles. The first-order chi connectivity index (χ1) is 8.19. The third-order valence-corrected chi connectivity index (χ3v) is 2.24. The molecule has 0 heterocycles. The van der Waals surface area contributed by atoms with E-state index in [0.29, 0.717) is 6.42 Å². The van der Waals surface area contributed by atoms with Crippen molar-refractivity contribution in [1.29, 1.82) is 0 Å². The van der Waals surface area contributed by atoms with E-state index in [2.05, 4.69) is 4.89 Å². The van der Waals surface area contributed by atoms with E-state index in [4.69, 9.17) is 9.62 Å². The summed E-state index contributed by atoms with van der Waals surface area (Å²) in [7, 11) is 3.09. The summed E-state index contributed by atoms with van der Waals surface area (Å²) in [5, 5.41) is 0. The highest BCUT2D eigenvalue weighted by Crippen LogP contribution is 2.12. The van der Waals surface area contributed by atoms with Crippen molar-refractivity contribution in [1.82, 2.24) is 0 Å². The minimum atomic E-state index is -0.591. The van der Waals surface area contributed by atoms with Gasteiger partial charge in [-0.2, -0.15) is 4.89 Å². The maximum Gasteiger partial charge on any atom is 0.445 e. The molecule has 0 N–H and O–H groups in total. The normalized spacial score (nSPS) is 11.9. The van der Waals surface area contributed by atoms with Crippen molar-refractivity contribution in [3.63, 3.8) is 0 Å². The van der Waals surface area contributed by atoms with E-state index in [1.54, 1.807) is 19.2 Å². The van der Waals surface area contributed by atoms with Crippen LogP contribution in [-0.2, 0) is 14.5 Å². The molecular weight excluding hydrogens is 222 g/mol. The largest absolute Gasteiger partial charge is 0.445 e. The highest BCUT2D eigenvalue weighted by Gasteiger charge is 2.15. The van der Waals surface area contributed by atoms with Gasteiger partial charge in [0.1, 0.15) is 0 Å². The lowest BCUT2D eigenvalue weighted by molar-refractivity contribution is -0.332. The van der Waals surface area contributed by atoms with Gasteiger partial charge in [-0.05, 0) is 18.6 Å². The third-order valence-electron chi connectivity index (χ3n) is 2.24. The van der Waals surface area contributed by atoms with Crippen LogP contribution >= 0.6 is 0 Å². The molecule has 0 bridgehead atoms. The van der Waals surface area contributed by atoms with Crippen LogP contribution in [0.3, 0.4) is 0 Å². The summed E-state index contributed by atoms with van der Waals surface area (Å²) in [6.07, 6.45) is -0.534. The Kier molecular flexibility index (Phi) is 5.45. The molecule has 1 aromatic rings. The Morgan fingerprint density at radius 3 is 2.53 bits per heavy atom. The second-order valence-corrected chi connectivity index (χ2v) is 3.41. The van der Waals surface area contributed by atoms with E-state index in [9.17, 15) is 4.79 Å². The van der Waals surface area contributed by atoms with Crippen molar-refractivity contribution in [3.05, 3.63) is 30.3 Å². The summed E-state index contributed by atoms with van der Waals surface area (Å²) in [5.41, 5.74) is 0.728. The molecule has 5 heteroatoms. The molecule has 0 aliphatic carbocycles. The number of benzene rings is 1. The van der Waals surface area contributed by atoms with Gasteiger partial charge in [-0.3, -0.25) is 9.79 Å². The average molecular weight is 239 g/mol. The number of nitrogens with zero attached hydrogens (tertiary/aromatic N) is 1. The molecule has 5 nitrogen and oxygen atoms in total. The monoisotopic (exact) mass is 239 g/mol. The molecule has 94 valence electrons. The van der Waals surface area contributed by atoms with Crippen LogP contribution in [0.2, 0.25) is 0 Å². The molecule has 0 aliphatic heterocycles. The zero-order chi connectivity index (χ0) is 12.7. The topological polar surface area (TPSA) is 48.0 Å². The van der Waals surface area contributed by atoms with E-state index in [1.807, 2.05) is 25.1 Å². The first-order valence-corrected chi connectivity index (χ1v) is 5.38. The molecule has 0 spiro atoms. The third kappa shape index (κ3) is 4.05. The molecule has 1 unspecified atom stereocenters. The van der Waals surface area contributed by atoms with Crippen molar-refractivity contribution in [3.8, 4) is 0 Å². The van der Waals surface area contributed by atoms with Gasteiger partial charge in [-0.25, -0.2) is 4.79 Å². The SMILES string of the molecule is CCC(OC)OOC(=O)N(C)c1ccccc1. The predicted molar refractivity (Wildman–Crippen MR) is 63.5 cm³/mol. The summed E-state index contributed by atoms with van der Waals surface area (Å²) in [6.45, 7) is 1.86. The lowest BCUT2D eigenvalue weighted by Crippen LogP contribution is -2.29. The highest BCUT2D eigenvalue weighted by atomic mass is 17.2. The van der Waals surface area contributed by atoms with Crippen LogP contribution < -0.4 is 4.90 Å². The number of rotatable bonds is 5. The summed E-state index contributed by atoms with van der Waals surface area (Å²) < 4.78 is 4.92. The fraction of sp³-hybridized carbons (Fsp3) is 0.417. The Balaban J connectivity index is 2.48. The van der Waals surface area contributed by atoms with Gasteiger partial charge in [-0.1, -0.05) is 25.1 Å². The van der Waals surface area contributed by atoms with Crippen LogP contribution in [-0.4, -0.2) is 26.5 Å². The number of para-hydroxylation sites is 1. The number of carbonyl (C=O) groups excluding carboxylic acids is 1. The Bertz CT molecular complexity index is 338. The molecular formula is C12H17NO4. The molecule has 0 aromatic heterocycles. The van der Waals surface area contributed by atoms with Crippen molar-refractivity contribution in [2.45, 2.75) is 19.6 Å². The second kappa shape index (κ2) is 6.88. The van der Waals surface area contributed by atoms with Crippen LogP contribution in [0.1, 0.15) is 13.3 Å². The zero-order valence-electron chi connectivity index (χ0n) is 10.3. The van der Waals surface area contributed by atoms with Crippen LogP contribution in [0.4, 0.5) is 10.5 Å². The lowest BCUT2D eigenvalue weighted by Gasteiger charge is -2.17. The van der Waals surface area contributed by atoms with Gasteiger partial charge in [0.2, 0.25) is 6.29 Å². The Hall–Kier alpha value is -1.59. The number of amides is 1. The molecule has 17 heavy (non-hydrogen) atoms. The average Bonchev–Trinajstić information content (AvgIpc) is 2.39. The quantitative estimate of drug-likeness (QED) is 0.450. The predicted octanol–water partition coefficient (Wildman–Crippen LogP) is 2.57. The smallest absolute Gasteiger partial charge is 0.352 e. The number of carbonyl (C=O) groups is 1. The molecule has 1 rings (SSSR count). The standard InChI is InChI=1S/C12H17NO4/c1-4-11(15-3)16-17-12(14)13(2)10-8-6-5-7-9-10/h5-9,11H,4H2,1-3H3. The van der Waals surface area contributed by atoms with E-state index in [-0.39, 0.29) is 0 Å². The molecule has 1 aromatic carbocycles. The molecule has 0 saturated heterocycles. The number of anilines is 1. The summed E-state index contributed by atoms with van der Waals surface area (Å²) in [4.78, 5) is 22.4. The maximum absolute atomic E-state index is 11.6. The fourth-order valence-corrected chi connectivity index (χ4v) is 1.18. The second-order valence-electron chi connectivity index (χ2n) is 3.41. The van der Waals surface area contributed by atoms with Gasteiger partial charge >= 0.3 is 6.09 Å². The highest BCUT2D eigenvalue weighted by molar-refractivity contribution is 5.86. The zero-order valence-corrected chi connectivity index (χ0v) is 10.3. The van der Waals surface area contributed by atoms with Gasteiger partial charge in [0.15, 0.2) is 0 Å². The molecule has 0 aliphatic rings. The van der Waals surface area contributed by atoms with Crippen molar-refractivity contribution >= 4 is 11.8 Å². The first-order valence-electron chi connectivity index (χ1n) is 5.38. The van der Waals surface area contributed by atoms with Gasteiger partial charge in [0, 0.05) is 19.8 Å². The van der Waals surface area contributed by atoms with Crippen molar-refractivity contribution < 1.29 is 19.3 Å². The van der Waals surface area contributed by atoms with E-state index >= 15 is 0 Å². The summed E-state index contributed by atoms with van der Waals surface area (Å²) in [6, 6.07) is 9.15. The number of hydrogen-bond donors (Lipinski definition) is 0. The fourth-order valence-electron chi connectivity index (χ4n) is 1.18. The van der Waals surface area contributed by atoms with Gasteiger partial charge in [-0.15, -0.1) is 0 Å². The van der Waals surface area contributed by atoms with E-state index < -0.39 is 12.4 Å². The van der Waals surface area contributed by atoms with Gasteiger partial charge in [0.05, 0.1) is 0 Å². The van der Waals surface area contributed by atoms with Crippen LogP contribution in [0.15, 0.2) is 30.3 Å². The lowest BCUT2D eigenvalue weighted by atomic mass is 10.3. The van der Waals surface area contributed by atoms with Gasteiger partial charge < -0.3 is 4.74 Å². The minimum absolute atomic E-state index is 0.539. The number of methoxy groups -OCH3 is 1. The molecule has 1 amide bonds.